The third kappa shape index (κ3) is 6.52. The number of nitriles is 1. The molecule has 2 amide bonds. The molecule has 0 spiro atoms. The van der Waals surface area contributed by atoms with Gasteiger partial charge in [-0.1, -0.05) is 0 Å². The maximum Gasteiger partial charge on any atom is 0.404 e. The van der Waals surface area contributed by atoms with Crippen molar-refractivity contribution in [3.63, 3.8) is 0 Å². The van der Waals surface area contributed by atoms with Gasteiger partial charge in [0.15, 0.2) is 11.6 Å². The van der Waals surface area contributed by atoms with Crippen molar-refractivity contribution >= 4 is 29.3 Å². The van der Waals surface area contributed by atoms with Gasteiger partial charge >= 0.3 is 6.09 Å². The van der Waals surface area contributed by atoms with Crippen LogP contribution >= 0.6 is 0 Å². The van der Waals surface area contributed by atoms with E-state index in [1.165, 1.54) is 12.4 Å². The molecule has 10 nitrogen and oxygen atoms in total. The number of nitrogens with one attached hydrogen (secondary N) is 4. The van der Waals surface area contributed by atoms with E-state index in [9.17, 15) is 14.0 Å². The number of amides is 2. The van der Waals surface area contributed by atoms with E-state index in [2.05, 4.69) is 31.2 Å². The first-order chi connectivity index (χ1) is 15.7. The fraction of sp³-hybridized carbons (Fsp3) is 0.409. The first kappa shape index (κ1) is 23.7. The maximum atomic E-state index is 14.2. The number of carbonyl (C=O) groups excluding carboxylic acids is 1. The van der Waals surface area contributed by atoms with Crippen LogP contribution in [0.25, 0.3) is 0 Å². The van der Waals surface area contributed by atoms with Crippen LogP contribution in [-0.4, -0.2) is 45.2 Å². The zero-order valence-electron chi connectivity index (χ0n) is 18.4. The minimum Gasteiger partial charge on any atom is -0.465 e. The summed E-state index contributed by atoms with van der Waals surface area (Å²) in [6, 6.07) is 4.36. The first-order valence-corrected chi connectivity index (χ1v) is 10.6. The Morgan fingerprint density at radius 2 is 1.79 bits per heavy atom. The molecule has 0 aliphatic heterocycles. The lowest BCUT2D eigenvalue weighted by atomic mass is 9.91. The van der Waals surface area contributed by atoms with Crippen LogP contribution in [0.4, 0.5) is 26.5 Å². The smallest absolute Gasteiger partial charge is 0.404 e. The minimum absolute atomic E-state index is 0.0223. The van der Waals surface area contributed by atoms with Crippen molar-refractivity contribution in [1.82, 2.24) is 20.6 Å². The molecule has 3 rings (SSSR count). The lowest BCUT2D eigenvalue weighted by molar-refractivity contribution is 0.0923. The molecule has 0 unspecified atom stereocenters. The Labute approximate surface area is 190 Å². The van der Waals surface area contributed by atoms with E-state index in [1.54, 1.807) is 6.07 Å². The molecule has 1 aliphatic rings. The van der Waals surface area contributed by atoms with Gasteiger partial charge in [0.25, 0.3) is 5.91 Å². The number of carboxylic acid groups (broad SMARTS) is 1. The SMILES string of the molecule is CC(C)Nc1cc(Nc2ncc(C#N)cc2F)ncc1C(=O)N[C@H]1CC[C@H](NC(=O)O)CC1. The zero-order chi connectivity index (χ0) is 24.0. The molecule has 2 aromatic heterocycles. The van der Waals surface area contributed by atoms with Crippen molar-refractivity contribution in [2.75, 3.05) is 10.6 Å². The molecule has 1 fully saturated rings. The number of hydrogen-bond donors (Lipinski definition) is 5. The number of anilines is 3. The number of carbonyl (C=O) groups is 2. The third-order valence-electron chi connectivity index (χ3n) is 5.20. The number of pyridine rings is 2. The Kier molecular flexibility index (Phi) is 7.61. The average Bonchev–Trinajstić information content (AvgIpc) is 2.76. The van der Waals surface area contributed by atoms with Crippen LogP contribution in [-0.2, 0) is 0 Å². The van der Waals surface area contributed by atoms with Gasteiger partial charge in [-0.05, 0) is 45.6 Å². The van der Waals surface area contributed by atoms with Crippen LogP contribution in [0.5, 0.6) is 0 Å². The van der Waals surface area contributed by atoms with Crippen LogP contribution in [0.1, 0.15) is 55.5 Å². The molecule has 5 N–H and O–H groups in total. The van der Waals surface area contributed by atoms with E-state index < -0.39 is 11.9 Å². The molecular weight excluding hydrogens is 429 g/mol. The molecule has 2 heterocycles. The van der Waals surface area contributed by atoms with E-state index in [4.69, 9.17) is 10.4 Å². The van der Waals surface area contributed by atoms with Crippen LogP contribution in [0.15, 0.2) is 24.5 Å². The molecule has 0 atom stereocenters. The van der Waals surface area contributed by atoms with Crippen molar-refractivity contribution < 1.29 is 19.1 Å². The van der Waals surface area contributed by atoms with Gasteiger partial charge in [0.2, 0.25) is 0 Å². The van der Waals surface area contributed by atoms with E-state index in [-0.39, 0.29) is 41.2 Å². The molecule has 0 bridgehead atoms. The van der Waals surface area contributed by atoms with Crippen molar-refractivity contribution in [3.8, 4) is 6.07 Å². The first-order valence-electron chi connectivity index (χ1n) is 10.6. The van der Waals surface area contributed by atoms with Crippen molar-refractivity contribution in [3.05, 3.63) is 41.5 Å². The Bertz CT molecular complexity index is 1060. The second kappa shape index (κ2) is 10.6. The molecule has 2 aromatic rings. The highest BCUT2D eigenvalue weighted by Gasteiger charge is 2.25. The van der Waals surface area contributed by atoms with Crippen molar-refractivity contribution in [2.24, 2.45) is 0 Å². The van der Waals surface area contributed by atoms with Crippen LogP contribution in [0.3, 0.4) is 0 Å². The van der Waals surface area contributed by atoms with Gasteiger partial charge in [-0.3, -0.25) is 4.79 Å². The van der Waals surface area contributed by atoms with Crippen molar-refractivity contribution in [2.45, 2.75) is 57.7 Å². The summed E-state index contributed by atoms with van der Waals surface area (Å²) in [6.07, 6.45) is 4.25. The topological polar surface area (TPSA) is 152 Å². The Balaban J connectivity index is 1.72. The molecule has 1 saturated carbocycles. The molecule has 174 valence electrons. The maximum absolute atomic E-state index is 14.2. The molecule has 0 saturated heterocycles. The van der Waals surface area contributed by atoms with E-state index in [1.807, 2.05) is 19.9 Å². The number of rotatable bonds is 7. The Hall–Kier alpha value is -3.94. The van der Waals surface area contributed by atoms with Gasteiger partial charge in [0.05, 0.1) is 16.8 Å². The Morgan fingerprint density at radius 3 is 2.36 bits per heavy atom. The van der Waals surface area contributed by atoms with E-state index in [0.29, 0.717) is 36.9 Å². The van der Waals surface area contributed by atoms with Crippen LogP contribution < -0.4 is 21.3 Å². The fourth-order valence-corrected chi connectivity index (χ4v) is 3.67. The lowest BCUT2D eigenvalue weighted by Crippen LogP contribution is -2.43. The summed E-state index contributed by atoms with van der Waals surface area (Å²) in [6.45, 7) is 3.85. The number of aromatic nitrogens is 2. The summed E-state index contributed by atoms with van der Waals surface area (Å²) in [5, 5.41) is 29.2. The summed E-state index contributed by atoms with van der Waals surface area (Å²) in [7, 11) is 0. The molecule has 0 aromatic carbocycles. The fourth-order valence-electron chi connectivity index (χ4n) is 3.67. The number of nitrogens with zero attached hydrogens (tertiary/aromatic N) is 3. The quantitative estimate of drug-likeness (QED) is 0.426. The highest BCUT2D eigenvalue weighted by atomic mass is 19.1. The molecular formula is C22H26FN7O3. The van der Waals surface area contributed by atoms with Gasteiger partial charge in [0.1, 0.15) is 11.9 Å². The number of hydrogen-bond acceptors (Lipinski definition) is 7. The minimum atomic E-state index is -1.04. The molecule has 1 aliphatic carbocycles. The Morgan fingerprint density at radius 1 is 1.12 bits per heavy atom. The normalized spacial score (nSPS) is 17.7. The summed E-state index contributed by atoms with van der Waals surface area (Å²) in [5.74, 6) is -0.787. The molecule has 0 radical (unpaired) electrons. The standard InChI is InChI=1S/C22H26FN7O3/c1-12(2)27-18-8-19(30-20-17(23)7-13(9-24)10-26-20)25-11-16(18)21(31)28-14-3-5-15(6-4-14)29-22(32)33/h7-8,10-12,14-15,29H,3-6H2,1-2H3,(H,28,31)(H,32,33)(H2,25,26,27,30)/t14-,15-. The predicted molar refractivity (Wildman–Crippen MR) is 120 cm³/mol. The van der Waals surface area contributed by atoms with Crippen LogP contribution in [0.2, 0.25) is 0 Å². The summed E-state index contributed by atoms with van der Waals surface area (Å²) >= 11 is 0. The number of halogens is 1. The van der Waals surface area contributed by atoms with Crippen LogP contribution in [0, 0.1) is 17.1 Å². The summed E-state index contributed by atoms with van der Waals surface area (Å²) in [5.41, 5.74) is 0.969. The van der Waals surface area contributed by atoms with Gasteiger partial charge in [-0.15, -0.1) is 0 Å². The zero-order valence-corrected chi connectivity index (χ0v) is 18.4. The predicted octanol–water partition coefficient (Wildman–Crippen LogP) is 3.36. The highest BCUT2D eigenvalue weighted by molar-refractivity contribution is 6.00. The second-order valence-electron chi connectivity index (χ2n) is 8.18. The molecule has 33 heavy (non-hydrogen) atoms. The molecule has 11 heteroatoms. The van der Waals surface area contributed by atoms with E-state index in [0.717, 1.165) is 6.07 Å². The second-order valence-corrected chi connectivity index (χ2v) is 8.18. The van der Waals surface area contributed by atoms with Crippen molar-refractivity contribution in [1.29, 1.82) is 5.26 Å². The highest BCUT2D eigenvalue weighted by Crippen LogP contribution is 2.24. The average molecular weight is 455 g/mol. The van der Waals surface area contributed by atoms with E-state index >= 15 is 0 Å². The summed E-state index contributed by atoms with van der Waals surface area (Å²) < 4.78 is 14.2. The lowest BCUT2D eigenvalue weighted by Gasteiger charge is -2.29. The third-order valence-corrected chi connectivity index (χ3v) is 5.20. The van der Waals surface area contributed by atoms with Gasteiger partial charge in [-0.2, -0.15) is 5.26 Å². The van der Waals surface area contributed by atoms with Gasteiger partial charge in [-0.25, -0.2) is 19.2 Å². The largest absolute Gasteiger partial charge is 0.465 e. The van der Waals surface area contributed by atoms with Gasteiger partial charge < -0.3 is 26.4 Å². The van der Waals surface area contributed by atoms with Gasteiger partial charge in [0, 0.05) is 36.6 Å². The monoisotopic (exact) mass is 455 g/mol. The summed E-state index contributed by atoms with van der Waals surface area (Å²) in [4.78, 5) is 31.9.